The van der Waals surface area contributed by atoms with Gasteiger partial charge < -0.3 is 10.5 Å². The second kappa shape index (κ2) is 3.49. The summed E-state index contributed by atoms with van der Waals surface area (Å²) in [4.78, 5) is 4.47. The monoisotopic (exact) mass is 206 g/mol. The van der Waals surface area contributed by atoms with Gasteiger partial charge in [-0.25, -0.2) is 4.98 Å². The minimum atomic E-state index is 0.286. The molecular formula is C12H18N2O. The molecule has 2 rings (SSSR count). The lowest BCUT2D eigenvalue weighted by molar-refractivity contribution is 0.395. The van der Waals surface area contributed by atoms with Crippen LogP contribution in [0.4, 0.5) is 0 Å². The van der Waals surface area contributed by atoms with Crippen LogP contribution in [-0.2, 0) is 0 Å². The van der Waals surface area contributed by atoms with Gasteiger partial charge >= 0.3 is 0 Å². The molecule has 0 radical (unpaired) electrons. The van der Waals surface area contributed by atoms with Crippen LogP contribution < -0.4 is 10.5 Å². The number of pyridine rings is 1. The van der Waals surface area contributed by atoms with E-state index in [1.807, 2.05) is 12.1 Å². The summed E-state index contributed by atoms with van der Waals surface area (Å²) in [5, 5.41) is 0. The molecule has 1 aromatic rings. The third kappa shape index (κ3) is 1.61. The largest absolute Gasteiger partial charge is 0.481 e. The number of ether oxygens (including phenoxy) is 1. The van der Waals surface area contributed by atoms with Gasteiger partial charge in [-0.2, -0.15) is 0 Å². The summed E-state index contributed by atoms with van der Waals surface area (Å²) in [6, 6.07) is 5.92. The predicted octanol–water partition coefficient (Wildman–Crippen LogP) is 1.79. The smallest absolute Gasteiger partial charge is 0.213 e. The molecule has 15 heavy (non-hydrogen) atoms. The second-order valence-corrected chi connectivity index (χ2v) is 4.75. The Morgan fingerprint density at radius 3 is 2.73 bits per heavy atom. The van der Waals surface area contributed by atoms with E-state index in [4.69, 9.17) is 10.5 Å². The lowest BCUT2D eigenvalue weighted by atomic mass is 10.1. The number of methoxy groups -OCH3 is 1. The van der Waals surface area contributed by atoms with Crippen LogP contribution in [0.5, 0.6) is 5.88 Å². The van der Waals surface area contributed by atoms with E-state index in [-0.39, 0.29) is 5.41 Å². The molecule has 0 spiro atoms. The summed E-state index contributed by atoms with van der Waals surface area (Å²) < 4.78 is 5.13. The lowest BCUT2D eigenvalue weighted by Gasteiger charge is -2.04. The van der Waals surface area contributed by atoms with E-state index in [0.717, 1.165) is 12.2 Å². The van der Waals surface area contributed by atoms with Crippen molar-refractivity contribution in [1.29, 1.82) is 0 Å². The molecule has 2 unspecified atom stereocenters. The van der Waals surface area contributed by atoms with Crippen LogP contribution in [0.3, 0.4) is 0 Å². The minimum absolute atomic E-state index is 0.286. The Balaban J connectivity index is 2.24. The van der Waals surface area contributed by atoms with Gasteiger partial charge in [0.25, 0.3) is 0 Å². The molecule has 2 N–H and O–H groups in total. The molecule has 1 aliphatic rings. The van der Waals surface area contributed by atoms with E-state index >= 15 is 0 Å². The minimum Gasteiger partial charge on any atom is -0.481 e. The van der Waals surface area contributed by atoms with Crippen LogP contribution in [0, 0.1) is 11.3 Å². The van der Waals surface area contributed by atoms with Crippen LogP contribution in [0.25, 0.3) is 0 Å². The SMILES string of the molecule is COc1cccc(C2C(CN)C2(C)C)n1. The van der Waals surface area contributed by atoms with E-state index < -0.39 is 0 Å². The van der Waals surface area contributed by atoms with Gasteiger partial charge in [0.15, 0.2) is 0 Å². The van der Waals surface area contributed by atoms with Crippen molar-refractivity contribution in [1.82, 2.24) is 4.98 Å². The van der Waals surface area contributed by atoms with E-state index in [2.05, 4.69) is 24.9 Å². The zero-order valence-corrected chi connectivity index (χ0v) is 9.53. The van der Waals surface area contributed by atoms with Crippen LogP contribution in [0.2, 0.25) is 0 Å². The highest BCUT2D eigenvalue weighted by Gasteiger charge is 2.58. The standard InChI is InChI=1S/C12H18N2O/c1-12(2)8(7-13)11(12)9-5-4-6-10(14-9)15-3/h4-6,8,11H,7,13H2,1-3H3. The molecule has 0 amide bonds. The van der Waals surface area contributed by atoms with Gasteiger partial charge in [0, 0.05) is 17.7 Å². The molecule has 82 valence electrons. The lowest BCUT2D eigenvalue weighted by Crippen LogP contribution is -2.05. The Bertz CT molecular complexity index is 362. The number of aromatic nitrogens is 1. The highest BCUT2D eigenvalue weighted by Crippen LogP contribution is 2.63. The molecule has 3 heteroatoms. The van der Waals surface area contributed by atoms with Crippen LogP contribution in [0.15, 0.2) is 18.2 Å². The van der Waals surface area contributed by atoms with Crippen LogP contribution in [-0.4, -0.2) is 18.6 Å². The van der Waals surface area contributed by atoms with Gasteiger partial charge in [0.2, 0.25) is 5.88 Å². The maximum Gasteiger partial charge on any atom is 0.213 e. The van der Waals surface area contributed by atoms with Crippen LogP contribution in [0.1, 0.15) is 25.5 Å². The van der Waals surface area contributed by atoms with Crippen molar-refractivity contribution in [2.24, 2.45) is 17.1 Å². The summed E-state index contributed by atoms with van der Waals surface area (Å²) in [7, 11) is 1.64. The first kappa shape index (κ1) is 10.4. The van der Waals surface area contributed by atoms with Crippen molar-refractivity contribution in [2.75, 3.05) is 13.7 Å². The van der Waals surface area contributed by atoms with E-state index in [9.17, 15) is 0 Å². The Kier molecular flexibility index (Phi) is 2.43. The third-order valence-corrected chi connectivity index (χ3v) is 3.58. The maximum absolute atomic E-state index is 5.75. The van der Waals surface area contributed by atoms with Gasteiger partial charge in [-0.1, -0.05) is 19.9 Å². The fourth-order valence-corrected chi connectivity index (χ4v) is 2.49. The molecule has 0 aliphatic heterocycles. The molecule has 1 heterocycles. The highest BCUT2D eigenvalue weighted by molar-refractivity contribution is 5.29. The Hall–Kier alpha value is -1.09. The number of nitrogens with two attached hydrogens (primary N) is 1. The second-order valence-electron chi connectivity index (χ2n) is 4.75. The molecule has 1 fully saturated rings. The molecule has 3 nitrogen and oxygen atoms in total. The van der Waals surface area contributed by atoms with E-state index in [0.29, 0.717) is 17.7 Å². The van der Waals surface area contributed by atoms with Crippen molar-refractivity contribution < 1.29 is 4.74 Å². The quantitative estimate of drug-likeness (QED) is 0.820. The summed E-state index contributed by atoms with van der Waals surface area (Å²) in [6.07, 6.45) is 0. The molecule has 2 atom stereocenters. The molecule has 1 aromatic heterocycles. The van der Waals surface area contributed by atoms with Crippen molar-refractivity contribution in [3.8, 4) is 5.88 Å². The van der Waals surface area contributed by atoms with Gasteiger partial charge in [0.05, 0.1) is 7.11 Å². The molecule has 1 saturated carbocycles. The number of rotatable bonds is 3. The average Bonchev–Trinajstić information content (AvgIpc) is 2.80. The fraction of sp³-hybridized carbons (Fsp3) is 0.583. The summed E-state index contributed by atoms with van der Waals surface area (Å²) in [6.45, 7) is 5.23. The highest BCUT2D eigenvalue weighted by atomic mass is 16.5. The summed E-state index contributed by atoms with van der Waals surface area (Å²) in [5.41, 5.74) is 7.14. The van der Waals surface area contributed by atoms with Crippen molar-refractivity contribution in [2.45, 2.75) is 19.8 Å². The van der Waals surface area contributed by atoms with Gasteiger partial charge in [0.1, 0.15) is 0 Å². The number of hydrogen-bond donors (Lipinski definition) is 1. The summed E-state index contributed by atoms with van der Waals surface area (Å²) >= 11 is 0. The molecule has 0 bridgehead atoms. The first-order valence-electron chi connectivity index (χ1n) is 5.32. The molecular weight excluding hydrogens is 188 g/mol. The zero-order chi connectivity index (χ0) is 11.1. The third-order valence-electron chi connectivity index (χ3n) is 3.58. The Labute approximate surface area is 90.7 Å². The number of nitrogens with zero attached hydrogens (tertiary/aromatic N) is 1. The van der Waals surface area contributed by atoms with Gasteiger partial charge in [-0.05, 0) is 23.9 Å². The summed E-state index contributed by atoms with van der Waals surface area (Å²) in [5.74, 6) is 1.72. The molecule has 1 aliphatic carbocycles. The van der Waals surface area contributed by atoms with Crippen molar-refractivity contribution >= 4 is 0 Å². The maximum atomic E-state index is 5.75. The predicted molar refractivity (Wildman–Crippen MR) is 59.9 cm³/mol. The van der Waals surface area contributed by atoms with Gasteiger partial charge in [-0.3, -0.25) is 0 Å². The van der Waals surface area contributed by atoms with E-state index in [1.165, 1.54) is 0 Å². The average molecular weight is 206 g/mol. The first-order valence-corrected chi connectivity index (χ1v) is 5.32. The Morgan fingerprint density at radius 2 is 2.20 bits per heavy atom. The van der Waals surface area contributed by atoms with Crippen LogP contribution >= 0.6 is 0 Å². The van der Waals surface area contributed by atoms with Crippen molar-refractivity contribution in [3.05, 3.63) is 23.9 Å². The topological polar surface area (TPSA) is 48.1 Å². The van der Waals surface area contributed by atoms with Gasteiger partial charge in [-0.15, -0.1) is 0 Å². The zero-order valence-electron chi connectivity index (χ0n) is 9.53. The number of hydrogen-bond acceptors (Lipinski definition) is 3. The Morgan fingerprint density at radius 1 is 1.47 bits per heavy atom. The molecule has 0 aromatic carbocycles. The normalized spacial score (nSPS) is 27.5. The van der Waals surface area contributed by atoms with Crippen molar-refractivity contribution in [3.63, 3.8) is 0 Å². The molecule has 0 saturated heterocycles. The fourth-order valence-electron chi connectivity index (χ4n) is 2.49. The first-order chi connectivity index (χ1) is 7.11. The van der Waals surface area contributed by atoms with E-state index in [1.54, 1.807) is 7.11 Å².